The first-order valence-electron chi connectivity index (χ1n) is 9.13. The van der Waals surface area contributed by atoms with Gasteiger partial charge in [-0.1, -0.05) is 0 Å². The van der Waals surface area contributed by atoms with E-state index in [4.69, 9.17) is 0 Å². The van der Waals surface area contributed by atoms with Crippen molar-refractivity contribution in [3.63, 3.8) is 0 Å². The van der Waals surface area contributed by atoms with E-state index in [1.165, 1.54) is 9.80 Å². The first kappa shape index (κ1) is 22.1. The van der Waals surface area contributed by atoms with Crippen LogP contribution < -0.4 is 0 Å². The lowest BCUT2D eigenvalue weighted by atomic mass is 10.2. The monoisotopic (exact) mass is 423 g/mol. The maximum absolute atomic E-state index is 12.9. The quantitative estimate of drug-likeness (QED) is 0.483. The van der Waals surface area contributed by atoms with Gasteiger partial charge in [0.1, 0.15) is 0 Å². The molecular weight excluding hydrogens is 394 g/mol. The number of nitrogens with zero attached hydrogens (tertiary/aromatic N) is 3. The summed E-state index contributed by atoms with van der Waals surface area (Å²) in [5, 5.41) is 0. The summed E-state index contributed by atoms with van der Waals surface area (Å²) in [4.78, 5) is 30.3. The first-order chi connectivity index (χ1) is 12.5. The van der Waals surface area contributed by atoms with Crippen LogP contribution in [-0.4, -0.2) is 112 Å². The Morgan fingerprint density at radius 1 is 0.815 bits per heavy atom. The molecule has 2 amide bonds. The molecule has 2 heterocycles. The van der Waals surface area contributed by atoms with Gasteiger partial charge in [0, 0.05) is 31.7 Å². The molecule has 2 atom stereocenters. The van der Waals surface area contributed by atoms with E-state index in [2.05, 4.69) is 0 Å². The minimum absolute atomic E-state index is 0.00988. The van der Waals surface area contributed by atoms with E-state index >= 15 is 0 Å². The van der Waals surface area contributed by atoms with E-state index in [1.54, 1.807) is 6.92 Å². The number of carbonyl (C=O) groups excluding carboxylic acids is 2. The van der Waals surface area contributed by atoms with Crippen molar-refractivity contribution in [3.05, 3.63) is 0 Å². The Bertz CT molecular complexity index is 778. The molecule has 9 nitrogen and oxygen atoms in total. The Labute approximate surface area is 161 Å². The van der Waals surface area contributed by atoms with E-state index in [-0.39, 0.29) is 36.1 Å². The highest BCUT2D eigenvalue weighted by Gasteiger charge is 2.41. The predicted octanol–water partition coefficient (Wildman–Crippen LogP) is -1.40. The second-order valence-electron chi connectivity index (χ2n) is 7.51. The van der Waals surface area contributed by atoms with Crippen LogP contribution in [0.5, 0.6) is 0 Å². The van der Waals surface area contributed by atoms with Gasteiger partial charge < -0.3 is 14.7 Å². The van der Waals surface area contributed by atoms with Crippen molar-refractivity contribution in [3.8, 4) is 0 Å². The fourth-order valence-electron chi connectivity index (χ4n) is 3.61. The third-order valence-corrected chi connectivity index (χ3v) is 8.63. The molecule has 2 saturated heterocycles. The molecule has 0 aromatic carbocycles. The highest BCUT2D eigenvalue weighted by molar-refractivity contribution is 7.91. The van der Waals surface area contributed by atoms with Crippen molar-refractivity contribution in [2.75, 3.05) is 56.7 Å². The highest BCUT2D eigenvalue weighted by Crippen LogP contribution is 2.21. The third-order valence-electron chi connectivity index (χ3n) is 5.13. The van der Waals surface area contributed by atoms with Crippen LogP contribution in [-0.2, 0) is 29.3 Å². The van der Waals surface area contributed by atoms with Gasteiger partial charge in [-0.05, 0) is 33.9 Å². The van der Waals surface area contributed by atoms with Gasteiger partial charge in [-0.15, -0.1) is 0 Å². The summed E-state index contributed by atoms with van der Waals surface area (Å²) in [6, 6.07) is -1.02. The van der Waals surface area contributed by atoms with Gasteiger partial charge in [0.2, 0.25) is 0 Å². The first-order valence-corrected chi connectivity index (χ1v) is 12.8. The van der Waals surface area contributed by atoms with Crippen LogP contribution in [0.4, 0.5) is 0 Å². The number of sulfone groups is 2. The minimum Gasteiger partial charge on any atom is -0.331 e. The number of likely N-dealkylation sites (N-methyl/N-ethyl adjacent to an activating group) is 2. The molecular formula is C16H29N3O6S2. The van der Waals surface area contributed by atoms with Crippen LogP contribution in [0.1, 0.15) is 19.8 Å². The topological polar surface area (TPSA) is 112 Å². The molecule has 0 aromatic rings. The summed E-state index contributed by atoms with van der Waals surface area (Å²) in [7, 11) is -2.73. The van der Waals surface area contributed by atoms with Crippen LogP contribution in [0.25, 0.3) is 0 Å². The summed E-state index contributed by atoms with van der Waals surface area (Å²) >= 11 is 0. The molecule has 0 aliphatic carbocycles. The molecule has 2 rings (SSSR count). The molecule has 2 aliphatic rings. The zero-order valence-corrected chi connectivity index (χ0v) is 17.8. The smallest absolute Gasteiger partial charge is 0.312 e. The van der Waals surface area contributed by atoms with Crippen LogP contribution in [0.15, 0.2) is 0 Å². The van der Waals surface area contributed by atoms with Gasteiger partial charge in [0.05, 0.1) is 23.0 Å². The molecule has 0 bridgehead atoms. The highest BCUT2D eigenvalue weighted by atomic mass is 32.2. The molecule has 0 aromatic heterocycles. The number of hydrogen-bond acceptors (Lipinski definition) is 7. The average molecular weight is 424 g/mol. The lowest BCUT2D eigenvalue weighted by Gasteiger charge is -2.33. The minimum atomic E-state index is -3.21. The summed E-state index contributed by atoms with van der Waals surface area (Å²) in [5.74, 6) is -1.73. The standard InChI is InChI=1S/C16H29N3O6S2/c1-4-18(13-5-9-26(22,23)11-13)15(20)16(21)19(8-7-17(2)3)14-6-10-27(24,25)12-14/h13-14H,4-12H2,1-3H3. The third kappa shape index (κ3) is 5.64. The lowest BCUT2D eigenvalue weighted by Crippen LogP contribution is -2.53. The largest absolute Gasteiger partial charge is 0.331 e. The number of rotatable bonds is 6. The van der Waals surface area contributed by atoms with E-state index < -0.39 is 43.6 Å². The van der Waals surface area contributed by atoms with E-state index in [0.29, 0.717) is 19.4 Å². The maximum atomic E-state index is 12.9. The molecule has 2 unspecified atom stereocenters. The second-order valence-corrected chi connectivity index (χ2v) is 12.0. The Morgan fingerprint density at radius 2 is 1.26 bits per heavy atom. The molecule has 0 radical (unpaired) electrons. The van der Waals surface area contributed by atoms with Crippen molar-refractivity contribution < 1.29 is 26.4 Å². The fourth-order valence-corrected chi connectivity index (χ4v) is 7.07. The molecule has 11 heteroatoms. The molecule has 0 spiro atoms. The van der Waals surface area contributed by atoms with Crippen molar-refractivity contribution in [2.45, 2.75) is 31.8 Å². The Hall–Kier alpha value is -1.20. The van der Waals surface area contributed by atoms with Crippen molar-refractivity contribution >= 4 is 31.5 Å². The predicted molar refractivity (Wildman–Crippen MR) is 102 cm³/mol. The van der Waals surface area contributed by atoms with Crippen LogP contribution in [0.2, 0.25) is 0 Å². The van der Waals surface area contributed by atoms with Gasteiger partial charge in [0.15, 0.2) is 19.7 Å². The van der Waals surface area contributed by atoms with Gasteiger partial charge in [0.25, 0.3) is 0 Å². The van der Waals surface area contributed by atoms with Gasteiger partial charge in [-0.2, -0.15) is 0 Å². The van der Waals surface area contributed by atoms with E-state index in [1.807, 2.05) is 19.0 Å². The second kappa shape index (κ2) is 8.44. The van der Waals surface area contributed by atoms with Gasteiger partial charge >= 0.3 is 11.8 Å². The average Bonchev–Trinajstić information content (AvgIpc) is 3.09. The van der Waals surface area contributed by atoms with E-state index in [9.17, 15) is 26.4 Å². The molecule has 2 fully saturated rings. The Morgan fingerprint density at radius 3 is 1.63 bits per heavy atom. The summed E-state index contributed by atoms with van der Waals surface area (Å²) < 4.78 is 47.2. The van der Waals surface area contributed by atoms with Crippen molar-refractivity contribution in [2.24, 2.45) is 0 Å². The van der Waals surface area contributed by atoms with Crippen LogP contribution in [0.3, 0.4) is 0 Å². The SMILES string of the molecule is CCN(C(=O)C(=O)N(CCN(C)C)C1CCS(=O)(=O)C1)C1CCS(=O)(=O)C1. The summed E-state index contributed by atoms with van der Waals surface area (Å²) in [6.45, 7) is 2.69. The normalized spacial score (nSPS) is 26.2. The summed E-state index contributed by atoms with van der Waals surface area (Å²) in [5.41, 5.74) is 0. The number of hydrogen-bond donors (Lipinski definition) is 0. The Balaban J connectivity index is 2.18. The molecule has 2 aliphatic heterocycles. The van der Waals surface area contributed by atoms with Gasteiger partial charge in [-0.25, -0.2) is 16.8 Å². The molecule has 0 N–H and O–H groups in total. The van der Waals surface area contributed by atoms with Crippen LogP contribution in [0, 0.1) is 0 Å². The molecule has 156 valence electrons. The van der Waals surface area contributed by atoms with Crippen molar-refractivity contribution in [1.82, 2.24) is 14.7 Å². The van der Waals surface area contributed by atoms with Gasteiger partial charge in [-0.3, -0.25) is 9.59 Å². The Kier molecular flexibility index (Phi) is 6.91. The van der Waals surface area contributed by atoms with Crippen molar-refractivity contribution in [1.29, 1.82) is 0 Å². The van der Waals surface area contributed by atoms with E-state index in [0.717, 1.165) is 0 Å². The zero-order valence-electron chi connectivity index (χ0n) is 16.1. The molecule has 0 saturated carbocycles. The van der Waals surface area contributed by atoms with Crippen LogP contribution >= 0.6 is 0 Å². The number of carbonyl (C=O) groups is 2. The summed E-state index contributed by atoms with van der Waals surface area (Å²) in [6.07, 6.45) is 0.642. The fraction of sp³-hybridized carbons (Fsp3) is 0.875. The maximum Gasteiger partial charge on any atom is 0.312 e. The zero-order chi connectivity index (χ0) is 20.4. The lowest BCUT2D eigenvalue weighted by molar-refractivity contribution is -0.154. The molecule has 27 heavy (non-hydrogen) atoms. The number of amides is 2.